The lowest BCUT2D eigenvalue weighted by Gasteiger charge is -2.13. The molecule has 102 valence electrons. The topological polar surface area (TPSA) is 54.5 Å². The van der Waals surface area contributed by atoms with Gasteiger partial charge in [0.2, 0.25) is 0 Å². The van der Waals surface area contributed by atoms with Crippen molar-refractivity contribution in [1.82, 2.24) is 4.90 Å². The van der Waals surface area contributed by atoms with Gasteiger partial charge in [-0.2, -0.15) is 0 Å². The molecule has 0 aromatic heterocycles. The fourth-order valence-electron chi connectivity index (χ4n) is 1.69. The molecular weight excluding hydrogens is 230 g/mol. The van der Waals surface area contributed by atoms with E-state index in [4.69, 9.17) is 0 Å². The average molecular weight is 253 g/mol. The van der Waals surface area contributed by atoms with Crippen LogP contribution in [0.5, 0.6) is 0 Å². The van der Waals surface area contributed by atoms with Gasteiger partial charge in [0.05, 0.1) is 0 Å². The smallest absolute Gasteiger partial charge is 0.253 e. The number of amides is 2. The van der Waals surface area contributed by atoms with Crippen molar-refractivity contribution < 1.29 is 14.4 Å². The highest BCUT2D eigenvalue weighted by atomic mass is 16.2. The fourth-order valence-corrected chi connectivity index (χ4v) is 1.69. The number of imide groups is 1. The molecule has 0 atom stereocenters. The van der Waals surface area contributed by atoms with Crippen LogP contribution >= 0.6 is 0 Å². The van der Waals surface area contributed by atoms with Crippen LogP contribution in [0.1, 0.15) is 47.0 Å². The molecule has 4 nitrogen and oxygen atoms in total. The van der Waals surface area contributed by atoms with Gasteiger partial charge in [-0.15, -0.1) is 0 Å². The minimum absolute atomic E-state index is 0. The van der Waals surface area contributed by atoms with Crippen LogP contribution in [0.2, 0.25) is 0 Å². The Hall–Kier alpha value is -1.45. The van der Waals surface area contributed by atoms with Gasteiger partial charge in [-0.25, -0.2) is 0 Å². The third-order valence-corrected chi connectivity index (χ3v) is 2.85. The summed E-state index contributed by atoms with van der Waals surface area (Å²) in [5, 5.41) is 0. The van der Waals surface area contributed by atoms with Gasteiger partial charge in [0, 0.05) is 31.0 Å². The van der Waals surface area contributed by atoms with Gasteiger partial charge < -0.3 is 0 Å². The van der Waals surface area contributed by atoms with E-state index in [2.05, 4.69) is 0 Å². The number of unbranched alkanes of at least 4 members (excludes halogenated alkanes) is 2. The molecule has 0 aromatic carbocycles. The predicted octanol–water partition coefficient (Wildman–Crippen LogP) is 2.33. The van der Waals surface area contributed by atoms with E-state index in [-0.39, 0.29) is 30.9 Å². The summed E-state index contributed by atoms with van der Waals surface area (Å²) in [4.78, 5) is 35.0. The summed E-state index contributed by atoms with van der Waals surface area (Å²) < 4.78 is 0. The number of carbonyl (C=O) groups is 3. The molecule has 1 aliphatic rings. The molecule has 0 aliphatic carbocycles. The van der Waals surface area contributed by atoms with Gasteiger partial charge in [-0.3, -0.25) is 19.3 Å². The van der Waals surface area contributed by atoms with Crippen LogP contribution in [-0.2, 0) is 14.4 Å². The van der Waals surface area contributed by atoms with E-state index in [1.165, 1.54) is 17.1 Å². The van der Waals surface area contributed by atoms with E-state index in [0.29, 0.717) is 13.0 Å². The molecule has 0 spiro atoms. The molecule has 0 N–H and O–H groups in total. The van der Waals surface area contributed by atoms with Crippen LogP contribution in [-0.4, -0.2) is 29.0 Å². The van der Waals surface area contributed by atoms with Crippen molar-refractivity contribution in [2.45, 2.75) is 47.0 Å². The third kappa shape index (κ3) is 4.82. The summed E-state index contributed by atoms with van der Waals surface area (Å²) in [6.07, 6.45) is 5.66. The Bertz CT molecular complexity index is 327. The third-order valence-electron chi connectivity index (χ3n) is 2.85. The van der Waals surface area contributed by atoms with Crippen LogP contribution in [0.4, 0.5) is 0 Å². The van der Waals surface area contributed by atoms with Gasteiger partial charge >= 0.3 is 0 Å². The highest BCUT2D eigenvalue weighted by molar-refractivity contribution is 6.12. The molecule has 0 unspecified atom stereocenters. The number of ketones is 1. The molecule has 2 amide bonds. The Balaban J connectivity index is 0.00000289. The monoisotopic (exact) mass is 253 g/mol. The van der Waals surface area contributed by atoms with E-state index in [1.54, 1.807) is 0 Å². The molecule has 1 heterocycles. The van der Waals surface area contributed by atoms with Gasteiger partial charge in [0.25, 0.3) is 11.8 Å². The number of hydrogen-bond donors (Lipinski definition) is 0. The number of nitrogens with zero attached hydrogens (tertiary/aromatic N) is 1. The van der Waals surface area contributed by atoms with Crippen LogP contribution in [0.15, 0.2) is 12.2 Å². The molecule has 18 heavy (non-hydrogen) atoms. The van der Waals surface area contributed by atoms with Crippen LogP contribution in [0.25, 0.3) is 0 Å². The first kappa shape index (κ1) is 16.6. The lowest BCUT2D eigenvalue weighted by atomic mass is 10.0. The molecule has 0 bridgehead atoms. The quantitative estimate of drug-likeness (QED) is 0.517. The molecule has 0 radical (unpaired) electrons. The van der Waals surface area contributed by atoms with Gasteiger partial charge in [-0.1, -0.05) is 27.7 Å². The molecule has 0 fully saturated rings. The fraction of sp³-hybridized carbons (Fsp3) is 0.643. The Morgan fingerprint density at radius 1 is 1.11 bits per heavy atom. The van der Waals surface area contributed by atoms with Crippen LogP contribution < -0.4 is 0 Å². The Morgan fingerprint density at radius 3 is 2.17 bits per heavy atom. The van der Waals surface area contributed by atoms with Crippen molar-refractivity contribution in [3.63, 3.8) is 0 Å². The Morgan fingerprint density at radius 2 is 1.67 bits per heavy atom. The van der Waals surface area contributed by atoms with Crippen molar-refractivity contribution in [3.8, 4) is 0 Å². The average Bonchev–Trinajstić information content (AvgIpc) is 2.59. The normalized spacial score (nSPS) is 14.3. The Labute approximate surface area is 109 Å². The molecular formula is C14H23NO3. The largest absolute Gasteiger partial charge is 0.299 e. The molecule has 1 aliphatic heterocycles. The van der Waals surface area contributed by atoms with Crippen LogP contribution in [0.3, 0.4) is 0 Å². The maximum atomic E-state index is 11.3. The summed E-state index contributed by atoms with van der Waals surface area (Å²) >= 11 is 0. The van der Waals surface area contributed by atoms with E-state index in [1.807, 2.05) is 13.8 Å². The van der Waals surface area contributed by atoms with Crippen molar-refractivity contribution in [2.75, 3.05) is 6.54 Å². The Kier molecular flexibility index (Phi) is 7.17. The first-order valence-corrected chi connectivity index (χ1v) is 6.08. The number of rotatable bonds is 7. The maximum Gasteiger partial charge on any atom is 0.253 e. The summed E-state index contributed by atoms with van der Waals surface area (Å²) in [6, 6.07) is 0. The second-order valence-electron chi connectivity index (χ2n) is 4.59. The number of carbonyl (C=O) groups excluding carboxylic acids is 3. The first-order chi connectivity index (χ1) is 8.02. The van der Waals surface area contributed by atoms with E-state index >= 15 is 0 Å². The zero-order valence-electron chi connectivity index (χ0n) is 10.4. The lowest BCUT2D eigenvalue weighted by molar-refractivity contribution is -0.136. The molecule has 4 heteroatoms. The zero-order valence-corrected chi connectivity index (χ0v) is 10.4. The van der Waals surface area contributed by atoms with Gasteiger partial charge in [0.1, 0.15) is 5.78 Å². The number of hydrogen-bond acceptors (Lipinski definition) is 3. The first-order valence-electron chi connectivity index (χ1n) is 6.08. The minimum atomic E-state index is -0.228. The molecule has 0 saturated heterocycles. The van der Waals surface area contributed by atoms with Gasteiger partial charge in [-0.05, 0) is 12.8 Å². The van der Waals surface area contributed by atoms with E-state index in [0.717, 1.165) is 19.3 Å². The summed E-state index contributed by atoms with van der Waals surface area (Å²) in [5.41, 5.74) is 0. The lowest BCUT2D eigenvalue weighted by Crippen LogP contribution is -2.30. The highest BCUT2D eigenvalue weighted by Gasteiger charge is 2.22. The van der Waals surface area contributed by atoms with E-state index in [9.17, 15) is 14.4 Å². The highest BCUT2D eigenvalue weighted by Crippen LogP contribution is 2.09. The van der Waals surface area contributed by atoms with Crippen molar-refractivity contribution in [1.29, 1.82) is 0 Å². The number of Topliss-reactive ketones (excluding diaryl/α,β-unsaturated/α-hetero) is 1. The standard InChI is InChI=1S/C13H19NO3.CH4/c1-10(2)11(15)6-4-3-5-9-14-12(16)7-8-13(14)17;/h7-8,10H,3-6,9H2,1-2H3;1H4. The SMILES string of the molecule is C.CC(C)C(=O)CCCCCN1C(=O)C=CC1=O. The van der Waals surface area contributed by atoms with E-state index < -0.39 is 0 Å². The molecule has 0 saturated carbocycles. The zero-order chi connectivity index (χ0) is 12.8. The predicted molar refractivity (Wildman–Crippen MR) is 70.9 cm³/mol. The molecule has 0 aromatic rings. The van der Waals surface area contributed by atoms with Crippen LogP contribution in [0, 0.1) is 5.92 Å². The molecule has 1 rings (SSSR count). The summed E-state index contributed by atoms with van der Waals surface area (Å²) in [5.74, 6) is -0.0811. The van der Waals surface area contributed by atoms with Gasteiger partial charge in [0.15, 0.2) is 0 Å². The second kappa shape index (κ2) is 7.80. The maximum absolute atomic E-state index is 11.3. The minimum Gasteiger partial charge on any atom is -0.299 e. The van der Waals surface area contributed by atoms with Crippen molar-refractivity contribution in [2.24, 2.45) is 5.92 Å². The summed E-state index contributed by atoms with van der Waals surface area (Å²) in [6.45, 7) is 4.26. The van der Waals surface area contributed by atoms with Crippen molar-refractivity contribution >= 4 is 17.6 Å². The van der Waals surface area contributed by atoms with Crippen molar-refractivity contribution in [3.05, 3.63) is 12.2 Å². The second-order valence-corrected chi connectivity index (χ2v) is 4.59. The summed E-state index contributed by atoms with van der Waals surface area (Å²) in [7, 11) is 0.